The molecular formula is C18H15NO2. The average molecular weight is 277 g/mol. The number of benzene rings is 2. The van der Waals surface area contributed by atoms with Crippen molar-refractivity contribution < 1.29 is 9.59 Å². The third kappa shape index (κ3) is 1.88. The molecule has 1 atom stereocenters. The van der Waals surface area contributed by atoms with E-state index in [0.29, 0.717) is 24.9 Å². The minimum atomic E-state index is 0.0193. The molecule has 4 rings (SSSR count). The van der Waals surface area contributed by atoms with Crippen LogP contribution in [0.5, 0.6) is 0 Å². The molecule has 0 spiro atoms. The fourth-order valence-corrected chi connectivity index (χ4v) is 3.53. The van der Waals surface area contributed by atoms with Crippen molar-refractivity contribution in [2.45, 2.75) is 18.8 Å². The van der Waals surface area contributed by atoms with Gasteiger partial charge in [-0.25, -0.2) is 0 Å². The second-order valence-electron chi connectivity index (χ2n) is 5.75. The Balaban J connectivity index is 1.77. The lowest BCUT2D eigenvalue weighted by Gasteiger charge is -2.18. The maximum absolute atomic E-state index is 12.7. The summed E-state index contributed by atoms with van der Waals surface area (Å²) in [4.78, 5) is 26.4. The second kappa shape index (κ2) is 4.55. The zero-order valence-corrected chi connectivity index (χ0v) is 11.6. The van der Waals surface area contributed by atoms with Crippen molar-refractivity contribution in [2.24, 2.45) is 0 Å². The Bertz CT molecular complexity index is 736. The minimum absolute atomic E-state index is 0.0193. The van der Waals surface area contributed by atoms with E-state index in [2.05, 4.69) is 0 Å². The SMILES string of the molecule is O=C1Cc2cccc3c2[C@H](C1)CN3C(=O)c1ccccc1. The number of rotatable bonds is 1. The Kier molecular flexibility index (Phi) is 2.67. The van der Waals surface area contributed by atoms with E-state index >= 15 is 0 Å². The Morgan fingerprint density at radius 1 is 1.05 bits per heavy atom. The molecule has 1 heterocycles. The van der Waals surface area contributed by atoms with Gasteiger partial charge in [0, 0.05) is 36.6 Å². The van der Waals surface area contributed by atoms with Gasteiger partial charge in [-0.1, -0.05) is 30.3 Å². The zero-order chi connectivity index (χ0) is 14.4. The topological polar surface area (TPSA) is 37.4 Å². The predicted octanol–water partition coefficient (Wildman–Crippen LogP) is 2.95. The van der Waals surface area contributed by atoms with Crippen molar-refractivity contribution in [3.8, 4) is 0 Å². The molecule has 0 aromatic heterocycles. The monoisotopic (exact) mass is 277 g/mol. The predicted molar refractivity (Wildman–Crippen MR) is 80.6 cm³/mol. The first kappa shape index (κ1) is 12.3. The van der Waals surface area contributed by atoms with Crippen LogP contribution in [-0.4, -0.2) is 18.2 Å². The van der Waals surface area contributed by atoms with Crippen molar-refractivity contribution in [3.63, 3.8) is 0 Å². The van der Waals surface area contributed by atoms with Crippen molar-refractivity contribution in [1.82, 2.24) is 0 Å². The summed E-state index contributed by atoms with van der Waals surface area (Å²) < 4.78 is 0. The third-order valence-electron chi connectivity index (χ3n) is 4.40. The smallest absolute Gasteiger partial charge is 0.258 e. The van der Waals surface area contributed by atoms with Gasteiger partial charge in [-0.2, -0.15) is 0 Å². The molecule has 1 aliphatic heterocycles. The van der Waals surface area contributed by atoms with Crippen molar-refractivity contribution in [3.05, 3.63) is 65.2 Å². The fourth-order valence-electron chi connectivity index (χ4n) is 3.53. The number of carbonyl (C=O) groups excluding carboxylic acids is 2. The number of nitrogens with zero attached hydrogens (tertiary/aromatic N) is 1. The van der Waals surface area contributed by atoms with Crippen LogP contribution in [0.3, 0.4) is 0 Å². The lowest BCUT2D eigenvalue weighted by molar-refractivity contribution is -0.119. The molecule has 104 valence electrons. The molecule has 0 N–H and O–H groups in total. The summed E-state index contributed by atoms with van der Waals surface area (Å²) >= 11 is 0. The number of anilines is 1. The Morgan fingerprint density at radius 3 is 2.67 bits per heavy atom. The van der Waals surface area contributed by atoms with E-state index in [9.17, 15) is 9.59 Å². The molecule has 1 amide bonds. The molecule has 0 bridgehead atoms. The maximum atomic E-state index is 12.7. The summed E-state index contributed by atoms with van der Waals surface area (Å²) in [5.41, 5.74) is 3.98. The highest BCUT2D eigenvalue weighted by molar-refractivity contribution is 6.08. The number of hydrogen-bond donors (Lipinski definition) is 0. The quantitative estimate of drug-likeness (QED) is 0.803. The number of carbonyl (C=O) groups is 2. The molecule has 0 saturated heterocycles. The van der Waals surface area contributed by atoms with E-state index in [1.54, 1.807) is 0 Å². The van der Waals surface area contributed by atoms with Gasteiger partial charge in [0.25, 0.3) is 5.91 Å². The van der Waals surface area contributed by atoms with Gasteiger partial charge < -0.3 is 4.90 Å². The van der Waals surface area contributed by atoms with Crippen LogP contribution in [0.2, 0.25) is 0 Å². The largest absolute Gasteiger partial charge is 0.307 e. The first-order valence-corrected chi connectivity index (χ1v) is 7.24. The van der Waals surface area contributed by atoms with Crippen LogP contribution in [0, 0.1) is 0 Å². The highest BCUT2D eigenvalue weighted by Gasteiger charge is 2.38. The van der Waals surface area contributed by atoms with Crippen LogP contribution in [0.15, 0.2) is 48.5 Å². The molecule has 1 aliphatic carbocycles. The fraction of sp³-hybridized carbons (Fsp3) is 0.222. The van der Waals surface area contributed by atoms with Crippen LogP contribution in [-0.2, 0) is 11.2 Å². The first-order chi connectivity index (χ1) is 10.2. The molecule has 2 aliphatic rings. The van der Waals surface area contributed by atoms with Crippen LogP contribution < -0.4 is 4.90 Å². The van der Waals surface area contributed by atoms with Gasteiger partial charge in [0.05, 0.1) is 0 Å². The molecule has 21 heavy (non-hydrogen) atoms. The average Bonchev–Trinajstić information content (AvgIpc) is 2.87. The van der Waals surface area contributed by atoms with Crippen LogP contribution in [0.1, 0.15) is 33.8 Å². The van der Waals surface area contributed by atoms with E-state index < -0.39 is 0 Å². The summed E-state index contributed by atoms with van der Waals surface area (Å²) in [5.74, 6) is 0.467. The number of Topliss-reactive ketones (excluding diaryl/α,β-unsaturated/α-hetero) is 1. The molecule has 0 unspecified atom stereocenters. The van der Waals surface area contributed by atoms with Crippen LogP contribution >= 0.6 is 0 Å². The zero-order valence-electron chi connectivity index (χ0n) is 11.6. The van der Waals surface area contributed by atoms with E-state index in [-0.39, 0.29) is 17.6 Å². The van der Waals surface area contributed by atoms with Gasteiger partial charge in [0.1, 0.15) is 5.78 Å². The van der Waals surface area contributed by atoms with E-state index in [4.69, 9.17) is 0 Å². The Hall–Kier alpha value is -2.42. The summed E-state index contributed by atoms with van der Waals surface area (Å²) in [5, 5.41) is 0. The lowest BCUT2D eigenvalue weighted by Crippen LogP contribution is -2.30. The molecular weight excluding hydrogens is 262 g/mol. The lowest BCUT2D eigenvalue weighted by atomic mass is 9.83. The summed E-state index contributed by atoms with van der Waals surface area (Å²) in [6.45, 7) is 0.617. The van der Waals surface area contributed by atoms with E-state index in [1.165, 1.54) is 5.56 Å². The highest BCUT2D eigenvalue weighted by Crippen LogP contribution is 2.43. The standard InChI is InChI=1S/C18H15NO2/c20-15-9-13-7-4-8-16-17(13)14(10-15)11-19(16)18(21)12-5-2-1-3-6-12/h1-8,14H,9-11H2/t14-/m1/s1. The molecule has 0 fully saturated rings. The molecule has 0 saturated carbocycles. The molecule has 2 aromatic rings. The Labute approximate surface area is 123 Å². The molecule has 3 heteroatoms. The van der Waals surface area contributed by atoms with Crippen molar-refractivity contribution in [1.29, 1.82) is 0 Å². The van der Waals surface area contributed by atoms with Crippen LogP contribution in [0.25, 0.3) is 0 Å². The van der Waals surface area contributed by atoms with Gasteiger partial charge in [0.15, 0.2) is 0 Å². The Morgan fingerprint density at radius 2 is 1.86 bits per heavy atom. The van der Waals surface area contributed by atoms with E-state index in [0.717, 1.165) is 11.3 Å². The minimum Gasteiger partial charge on any atom is -0.307 e. The third-order valence-corrected chi connectivity index (χ3v) is 4.40. The van der Waals surface area contributed by atoms with Gasteiger partial charge in [0.2, 0.25) is 0 Å². The number of ketones is 1. The normalized spacial score (nSPS) is 19.5. The maximum Gasteiger partial charge on any atom is 0.258 e. The highest BCUT2D eigenvalue weighted by atomic mass is 16.2. The number of hydrogen-bond acceptors (Lipinski definition) is 2. The van der Waals surface area contributed by atoms with Gasteiger partial charge >= 0.3 is 0 Å². The molecule has 2 aromatic carbocycles. The molecule has 3 nitrogen and oxygen atoms in total. The van der Waals surface area contributed by atoms with Crippen molar-refractivity contribution in [2.75, 3.05) is 11.4 Å². The van der Waals surface area contributed by atoms with Gasteiger partial charge in [-0.05, 0) is 29.3 Å². The van der Waals surface area contributed by atoms with Crippen molar-refractivity contribution >= 4 is 17.4 Å². The summed E-state index contributed by atoms with van der Waals surface area (Å²) in [6.07, 6.45) is 1.07. The van der Waals surface area contributed by atoms with Crippen LogP contribution in [0.4, 0.5) is 5.69 Å². The summed E-state index contributed by atoms with van der Waals surface area (Å²) in [7, 11) is 0. The van der Waals surface area contributed by atoms with Gasteiger partial charge in [-0.3, -0.25) is 9.59 Å². The number of amides is 1. The summed E-state index contributed by atoms with van der Waals surface area (Å²) in [6, 6.07) is 15.3. The van der Waals surface area contributed by atoms with E-state index in [1.807, 2.05) is 53.4 Å². The van der Waals surface area contributed by atoms with Gasteiger partial charge in [-0.15, -0.1) is 0 Å². The second-order valence-corrected chi connectivity index (χ2v) is 5.75. The molecule has 0 radical (unpaired) electrons. The first-order valence-electron chi connectivity index (χ1n) is 7.24.